The molecule has 0 aromatic carbocycles. The predicted molar refractivity (Wildman–Crippen MR) is 60.2 cm³/mol. The SMILES string of the molecule is COCCC(C)S(=O)C(C)CC(=O)OC. The van der Waals surface area contributed by atoms with Crippen LogP contribution in [0.1, 0.15) is 26.7 Å². The van der Waals surface area contributed by atoms with Gasteiger partial charge in [0.05, 0.1) is 13.5 Å². The van der Waals surface area contributed by atoms with Gasteiger partial charge < -0.3 is 9.47 Å². The summed E-state index contributed by atoms with van der Waals surface area (Å²) < 4.78 is 21.3. The molecule has 0 amide bonds. The van der Waals surface area contributed by atoms with E-state index < -0.39 is 10.8 Å². The van der Waals surface area contributed by atoms with E-state index in [0.717, 1.165) is 6.42 Å². The van der Waals surface area contributed by atoms with Gasteiger partial charge in [-0.15, -0.1) is 0 Å². The number of carbonyl (C=O) groups excluding carboxylic acids is 1. The molecule has 0 saturated heterocycles. The van der Waals surface area contributed by atoms with Crippen LogP contribution in [0.4, 0.5) is 0 Å². The molecular weight excluding hydrogens is 216 g/mol. The van der Waals surface area contributed by atoms with E-state index >= 15 is 0 Å². The van der Waals surface area contributed by atoms with Crippen molar-refractivity contribution in [2.24, 2.45) is 0 Å². The average molecular weight is 236 g/mol. The Kier molecular flexibility index (Phi) is 7.60. The normalized spacial score (nSPS) is 16.8. The molecule has 90 valence electrons. The van der Waals surface area contributed by atoms with Crippen LogP contribution in [-0.2, 0) is 25.1 Å². The number of esters is 1. The van der Waals surface area contributed by atoms with Gasteiger partial charge in [-0.25, -0.2) is 0 Å². The van der Waals surface area contributed by atoms with Crippen LogP contribution in [0.3, 0.4) is 0 Å². The lowest BCUT2D eigenvalue weighted by Gasteiger charge is -2.16. The summed E-state index contributed by atoms with van der Waals surface area (Å²) in [5.74, 6) is -0.310. The maximum Gasteiger partial charge on any atom is 0.306 e. The molecule has 0 spiro atoms. The summed E-state index contributed by atoms with van der Waals surface area (Å²) in [5, 5.41) is -0.117. The van der Waals surface area contributed by atoms with Gasteiger partial charge >= 0.3 is 5.97 Å². The number of hydrogen-bond acceptors (Lipinski definition) is 4. The number of ether oxygens (including phenoxy) is 2. The maximum absolute atomic E-state index is 11.8. The number of methoxy groups -OCH3 is 2. The van der Waals surface area contributed by atoms with Crippen molar-refractivity contribution in [3.63, 3.8) is 0 Å². The standard InChI is InChI=1S/C10H20O4S/c1-8(5-6-13-3)15(12)9(2)7-10(11)14-4/h8-9H,5-7H2,1-4H3. The van der Waals surface area contributed by atoms with E-state index in [9.17, 15) is 9.00 Å². The molecule has 0 fully saturated rings. The Bertz CT molecular complexity index is 217. The van der Waals surface area contributed by atoms with Crippen molar-refractivity contribution in [1.82, 2.24) is 0 Å². The van der Waals surface area contributed by atoms with Crippen LogP contribution < -0.4 is 0 Å². The molecule has 0 aliphatic carbocycles. The Morgan fingerprint density at radius 3 is 2.33 bits per heavy atom. The molecular formula is C10H20O4S. The highest BCUT2D eigenvalue weighted by molar-refractivity contribution is 7.86. The van der Waals surface area contributed by atoms with Crippen LogP contribution in [0.25, 0.3) is 0 Å². The lowest BCUT2D eigenvalue weighted by molar-refractivity contribution is -0.140. The highest BCUT2D eigenvalue weighted by atomic mass is 32.2. The van der Waals surface area contributed by atoms with E-state index in [1.807, 2.05) is 6.92 Å². The predicted octanol–water partition coefficient (Wildman–Crippen LogP) is 1.11. The van der Waals surface area contributed by atoms with Crippen LogP contribution in [0.2, 0.25) is 0 Å². The second kappa shape index (κ2) is 7.82. The third-order valence-corrected chi connectivity index (χ3v) is 4.19. The summed E-state index contributed by atoms with van der Waals surface area (Å²) in [6, 6.07) is 0. The largest absolute Gasteiger partial charge is 0.469 e. The summed E-state index contributed by atoms with van der Waals surface area (Å²) in [6.07, 6.45) is 0.953. The van der Waals surface area contributed by atoms with E-state index in [2.05, 4.69) is 4.74 Å². The van der Waals surface area contributed by atoms with Gasteiger partial charge in [-0.1, -0.05) is 13.8 Å². The smallest absolute Gasteiger partial charge is 0.306 e. The molecule has 15 heavy (non-hydrogen) atoms. The minimum atomic E-state index is -1.01. The molecule has 0 aliphatic heterocycles. The van der Waals surface area contributed by atoms with Crippen LogP contribution in [0.15, 0.2) is 0 Å². The van der Waals surface area contributed by atoms with Gasteiger partial charge in [-0.3, -0.25) is 9.00 Å². The Balaban J connectivity index is 4.01. The third kappa shape index (κ3) is 5.89. The zero-order valence-corrected chi connectivity index (χ0v) is 10.6. The molecule has 0 saturated carbocycles. The zero-order chi connectivity index (χ0) is 11.8. The second-order valence-corrected chi connectivity index (χ2v) is 5.78. The van der Waals surface area contributed by atoms with Crippen molar-refractivity contribution in [3.8, 4) is 0 Å². The minimum Gasteiger partial charge on any atom is -0.469 e. The van der Waals surface area contributed by atoms with Crippen molar-refractivity contribution in [3.05, 3.63) is 0 Å². The van der Waals surface area contributed by atoms with Crippen LogP contribution in [-0.4, -0.2) is 41.5 Å². The van der Waals surface area contributed by atoms with Gasteiger partial charge in [-0.05, 0) is 6.42 Å². The molecule has 5 heteroatoms. The van der Waals surface area contributed by atoms with Gasteiger partial charge in [0.1, 0.15) is 0 Å². The van der Waals surface area contributed by atoms with Gasteiger partial charge in [0.15, 0.2) is 0 Å². The molecule has 0 radical (unpaired) electrons. The van der Waals surface area contributed by atoms with Crippen LogP contribution >= 0.6 is 0 Å². The van der Waals surface area contributed by atoms with Gasteiger partial charge in [0.2, 0.25) is 0 Å². The van der Waals surface area contributed by atoms with Crippen molar-refractivity contribution in [1.29, 1.82) is 0 Å². The Morgan fingerprint density at radius 1 is 1.27 bits per heavy atom. The summed E-state index contributed by atoms with van der Waals surface area (Å²) >= 11 is 0. The molecule has 0 aliphatic rings. The average Bonchev–Trinajstić information content (AvgIpc) is 2.24. The molecule has 0 bridgehead atoms. The van der Waals surface area contributed by atoms with E-state index in [0.29, 0.717) is 6.61 Å². The Hall–Kier alpha value is -0.420. The summed E-state index contributed by atoms with van der Waals surface area (Å²) in [6.45, 7) is 4.30. The van der Waals surface area contributed by atoms with E-state index in [-0.39, 0.29) is 22.9 Å². The monoisotopic (exact) mass is 236 g/mol. The first-order chi connectivity index (χ1) is 7.02. The van der Waals surface area contributed by atoms with E-state index in [4.69, 9.17) is 4.74 Å². The molecule has 0 N–H and O–H groups in total. The fraction of sp³-hybridized carbons (Fsp3) is 0.900. The molecule has 0 heterocycles. The lowest BCUT2D eigenvalue weighted by atomic mass is 10.3. The minimum absolute atomic E-state index is 0.0459. The quantitative estimate of drug-likeness (QED) is 0.621. The van der Waals surface area contributed by atoms with Crippen molar-refractivity contribution < 1.29 is 18.5 Å². The van der Waals surface area contributed by atoms with Crippen LogP contribution in [0, 0.1) is 0 Å². The topological polar surface area (TPSA) is 52.6 Å². The number of rotatable bonds is 7. The van der Waals surface area contributed by atoms with Crippen molar-refractivity contribution in [2.45, 2.75) is 37.2 Å². The molecule has 4 nitrogen and oxygen atoms in total. The van der Waals surface area contributed by atoms with E-state index in [1.54, 1.807) is 14.0 Å². The summed E-state index contributed by atoms with van der Waals surface area (Å²) in [4.78, 5) is 11.0. The van der Waals surface area contributed by atoms with Gasteiger partial charge in [0.25, 0.3) is 0 Å². The van der Waals surface area contributed by atoms with Gasteiger partial charge in [0, 0.05) is 35.0 Å². The van der Waals surface area contributed by atoms with Gasteiger partial charge in [-0.2, -0.15) is 0 Å². The van der Waals surface area contributed by atoms with E-state index in [1.165, 1.54) is 7.11 Å². The second-order valence-electron chi connectivity index (χ2n) is 3.51. The van der Waals surface area contributed by atoms with Crippen molar-refractivity contribution in [2.75, 3.05) is 20.8 Å². The summed E-state index contributed by atoms with van der Waals surface area (Å²) in [7, 11) is 1.94. The highest BCUT2D eigenvalue weighted by Gasteiger charge is 2.20. The van der Waals surface area contributed by atoms with Crippen LogP contribution in [0.5, 0.6) is 0 Å². The molecule has 3 unspecified atom stereocenters. The Morgan fingerprint density at radius 2 is 1.87 bits per heavy atom. The molecule has 0 aromatic heterocycles. The highest BCUT2D eigenvalue weighted by Crippen LogP contribution is 2.11. The molecule has 0 aromatic rings. The fourth-order valence-corrected chi connectivity index (χ4v) is 2.62. The molecule has 0 rings (SSSR count). The lowest BCUT2D eigenvalue weighted by Crippen LogP contribution is -2.25. The summed E-state index contributed by atoms with van der Waals surface area (Å²) in [5.41, 5.74) is 0. The number of hydrogen-bond donors (Lipinski definition) is 0. The number of carbonyl (C=O) groups is 1. The van der Waals surface area contributed by atoms with Crippen molar-refractivity contribution >= 4 is 16.8 Å². The maximum atomic E-state index is 11.8. The first-order valence-corrected chi connectivity index (χ1v) is 6.25. The third-order valence-electron chi connectivity index (χ3n) is 2.20. The fourth-order valence-electron chi connectivity index (χ4n) is 1.20. The molecule has 3 atom stereocenters. The Labute approximate surface area is 93.8 Å². The zero-order valence-electron chi connectivity index (χ0n) is 9.82. The first-order valence-electron chi connectivity index (χ1n) is 4.98. The first kappa shape index (κ1) is 14.6.